The summed E-state index contributed by atoms with van der Waals surface area (Å²) in [5, 5.41) is 0. The van der Waals surface area contributed by atoms with Crippen molar-refractivity contribution in [1.29, 1.82) is 0 Å². The van der Waals surface area contributed by atoms with Crippen LogP contribution in [0.25, 0.3) is 0 Å². The molecular formula is C24H21BrF3N5O2. The number of halogens is 4. The molecule has 1 aliphatic rings. The Morgan fingerprint density at radius 3 is 2.51 bits per heavy atom. The number of hydrogen-bond donors (Lipinski definition) is 1. The number of hydrogen-bond acceptors (Lipinski definition) is 6. The summed E-state index contributed by atoms with van der Waals surface area (Å²) in [4.78, 5) is 37.7. The number of carbonyl (C=O) groups excluding carboxylic acids is 2. The second kappa shape index (κ2) is 10.0. The van der Waals surface area contributed by atoms with Gasteiger partial charge in [0.05, 0.1) is 16.7 Å². The summed E-state index contributed by atoms with van der Waals surface area (Å²) in [5.41, 5.74) is 4.96. The van der Waals surface area contributed by atoms with Crippen molar-refractivity contribution in [3.05, 3.63) is 81.6 Å². The summed E-state index contributed by atoms with van der Waals surface area (Å²) in [6, 6.07) is 11.4. The predicted molar refractivity (Wildman–Crippen MR) is 128 cm³/mol. The van der Waals surface area contributed by atoms with Gasteiger partial charge in [-0.15, -0.1) is 0 Å². The molecule has 1 fully saturated rings. The number of alkyl halides is 3. The lowest BCUT2D eigenvalue weighted by Crippen LogP contribution is -2.36. The third-order valence-electron chi connectivity index (χ3n) is 5.67. The van der Waals surface area contributed by atoms with Crippen LogP contribution in [0.15, 0.2) is 59.2 Å². The van der Waals surface area contributed by atoms with Crippen LogP contribution in [0.2, 0.25) is 0 Å². The molecule has 2 aromatic heterocycles. The number of benzene rings is 1. The molecule has 0 atom stereocenters. The van der Waals surface area contributed by atoms with E-state index in [1.807, 2.05) is 4.90 Å². The van der Waals surface area contributed by atoms with Gasteiger partial charge in [-0.05, 0) is 52.7 Å². The minimum atomic E-state index is -4.62. The van der Waals surface area contributed by atoms with Gasteiger partial charge in [-0.25, -0.2) is 9.97 Å². The summed E-state index contributed by atoms with van der Waals surface area (Å²) in [6.45, 7) is 1.40. The van der Waals surface area contributed by atoms with E-state index in [1.54, 1.807) is 24.3 Å². The molecule has 0 unspecified atom stereocenters. The van der Waals surface area contributed by atoms with E-state index >= 15 is 0 Å². The van der Waals surface area contributed by atoms with Crippen LogP contribution in [0.3, 0.4) is 0 Å². The van der Waals surface area contributed by atoms with Crippen molar-refractivity contribution in [1.82, 2.24) is 14.9 Å². The van der Waals surface area contributed by atoms with Gasteiger partial charge in [-0.2, -0.15) is 13.2 Å². The Balaban J connectivity index is 1.51. The molecule has 3 aromatic rings. The second-order valence-electron chi connectivity index (χ2n) is 7.97. The fourth-order valence-corrected chi connectivity index (χ4v) is 4.26. The molecule has 1 amide bonds. The van der Waals surface area contributed by atoms with E-state index in [4.69, 9.17) is 5.73 Å². The Kier molecular flexibility index (Phi) is 7.06. The standard InChI is InChI=1S/C24H21BrF3N5O2/c25-15-13-17(22(29)30-14-15)21(34)19-7-3-8-20(31-19)32-9-4-10-33(12-11-32)23(35)16-5-1-2-6-18(16)24(26,27)28/h1-3,5-8,13-14H,4,9-12H2,(H2,29,30). The first-order valence-corrected chi connectivity index (χ1v) is 11.6. The van der Waals surface area contributed by atoms with E-state index in [0.717, 1.165) is 6.07 Å². The Hall–Kier alpha value is -3.47. The van der Waals surface area contributed by atoms with Crippen molar-refractivity contribution >= 4 is 39.3 Å². The summed E-state index contributed by atoms with van der Waals surface area (Å²) in [5.74, 6) is -0.418. The zero-order valence-corrected chi connectivity index (χ0v) is 20.0. The molecule has 35 heavy (non-hydrogen) atoms. The molecule has 0 spiro atoms. The van der Waals surface area contributed by atoms with Gasteiger partial charge in [0.15, 0.2) is 0 Å². The minimum absolute atomic E-state index is 0.0912. The monoisotopic (exact) mass is 547 g/mol. The number of pyridine rings is 2. The number of ketones is 1. The molecule has 0 aliphatic carbocycles. The third kappa shape index (κ3) is 5.45. The maximum atomic E-state index is 13.4. The Labute approximate surface area is 207 Å². The fourth-order valence-electron chi connectivity index (χ4n) is 3.93. The molecular weight excluding hydrogens is 527 g/mol. The molecule has 0 radical (unpaired) electrons. The van der Waals surface area contributed by atoms with Gasteiger partial charge in [-0.1, -0.05) is 18.2 Å². The van der Waals surface area contributed by atoms with Crippen molar-refractivity contribution < 1.29 is 22.8 Å². The third-order valence-corrected chi connectivity index (χ3v) is 6.10. The van der Waals surface area contributed by atoms with Crippen LogP contribution < -0.4 is 10.6 Å². The number of carbonyl (C=O) groups is 2. The number of amides is 1. The van der Waals surface area contributed by atoms with Crippen molar-refractivity contribution in [2.24, 2.45) is 0 Å². The molecule has 1 saturated heterocycles. The van der Waals surface area contributed by atoms with Gasteiger partial charge < -0.3 is 15.5 Å². The second-order valence-corrected chi connectivity index (χ2v) is 8.89. The molecule has 4 rings (SSSR count). The normalized spacial score (nSPS) is 14.5. The Morgan fingerprint density at radius 1 is 0.971 bits per heavy atom. The van der Waals surface area contributed by atoms with E-state index < -0.39 is 17.6 Å². The van der Waals surface area contributed by atoms with Crippen molar-refractivity contribution in [2.75, 3.05) is 36.8 Å². The van der Waals surface area contributed by atoms with Gasteiger partial charge in [0.2, 0.25) is 5.78 Å². The zero-order valence-electron chi connectivity index (χ0n) is 18.4. The number of rotatable bonds is 4. The van der Waals surface area contributed by atoms with E-state index in [2.05, 4.69) is 25.9 Å². The topological polar surface area (TPSA) is 92.4 Å². The average molecular weight is 548 g/mol. The van der Waals surface area contributed by atoms with Crippen LogP contribution in [-0.4, -0.2) is 52.7 Å². The molecule has 1 aromatic carbocycles. The highest BCUT2D eigenvalue weighted by Gasteiger charge is 2.36. The van der Waals surface area contributed by atoms with Gasteiger partial charge in [0.25, 0.3) is 5.91 Å². The maximum Gasteiger partial charge on any atom is 0.417 e. The van der Waals surface area contributed by atoms with E-state index in [0.29, 0.717) is 36.3 Å². The van der Waals surface area contributed by atoms with Gasteiger partial charge in [-0.3, -0.25) is 9.59 Å². The van der Waals surface area contributed by atoms with Crippen LogP contribution in [-0.2, 0) is 6.18 Å². The summed E-state index contributed by atoms with van der Waals surface area (Å²) in [6.07, 6.45) is -2.59. The van der Waals surface area contributed by atoms with Crippen molar-refractivity contribution in [2.45, 2.75) is 12.6 Å². The highest BCUT2D eigenvalue weighted by Crippen LogP contribution is 2.32. The fraction of sp³-hybridized carbons (Fsp3) is 0.250. The minimum Gasteiger partial charge on any atom is -0.383 e. The molecule has 2 N–H and O–H groups in total. The molecule has 3 heterocycles. The predicted octanol–water partition coefficient (Wildman–Crippen LogP) is 4.42. The summed E-state index contributed by atoms with van der Waals surface area (Å²) >= 11 is 3.28. The largest absolute Gasteiger partial charge is 0.417 e. The first kappa shape index (κ1) is 24.6. The quantitative estimate of drug-likeness (QED) is 0.486. The lowest BCUT2D eigenvalue weighted by atomic mass is 10.1. The lowest BCUT2D eigenvalue weighted by molar-refractivity contribution is -0.138. The molecule has 0 saturated carbocycles. The van der Waals surface area contributed by atoms with Gasteiger partial charge in [0.1, 0.15) is 17.3 Å². The van der Waals surface area contributed by atoms with Crippen molar-refractivity contribution in [3.8, 4) is 0 Å². The summed E-state index contributed by atoms with van der Waals surface area (Å²) in [7, 11) is 0. The zero-order chi connectivity index (χ0) is 25.2. The van der Waals surface area contributed by atoms with Crippen LogP contribution in [0.5, 0.6) is 0 Å². The van der Waals surface area contributed by atoms with Crippen LogP contribution >= 0.6 is 15.9 Å². The Morgan fingerprint density at radius 2 is 1.74 bits per heavy atom. The first-order valence-electron chi connectivity index (χ1n) is 10.8. The maximum absolute atomic E-state index is 13.4. The summed E-state index contributed by atoms with van der Waals surface area (Å²) < 4.78 is 40.8. The number of nitrogen functional groups attached to an aromatic ring is 1. The molecule has 7 nitrogen and oxygen atoms in total. The highest BCUT2D eigenvalue weighted by molar-refractivity contribution is 9.10. The van der Waals surface area contributed by atoms with Crippen molar-refractivity contribution in [3.63, 3.8) is 0 Å². The lowest BCUT2D eigenvalue weighted by Gasteiger charge is -2.24. The van der Waals surface area contributed by atoms with Gasteiger partial charge >= 0.3 is 6.18 Å². The molecule has 0 bridgehead atoms. The van der Waals surface area contributed by atoms with Crippen LogP contribution in [0, 0.1) is 0 Å². The Bertz CT molecular complexity index is 1270. The first-order chi connectivity index (χ1) is 16.6. The molecule has 11 heteroatoms. The molecule has 1 aliphatic heterocycles. The smallest absolute Gasteiger partial charge is 0.383 e. The number of nitrogens with zero attached hydrogens (tertiary/aromatic N) is 4. The average Bonchev–Trinajstić information content (AvgIpc) is 3.11. The number of anilines is 2. The van der Waals surface area contributed by atoms with E-state index in [-0.39, 0.29) is 35.0 Å². The number of aromatic nitrogens is 2. The molecule has 182 valence electrons. The SMILES string of the molecule is Nc1ncc(Br)cc1C(=O)c1cccc(N2CCCN(C(=O)c3ccccc3C(F)(F)F)CC2)n1. The highest BCUT2D eigenvalue weighted by atomic mass is 79.9. The van der Waals surface area contributed by atoms with E-state index in [1.165, 1.54) is 29.3 Å². The van der Waals surface area contributed by atoms with E-state index in [9.17, 15) is 22.8 Å². The van der Waals surface area contributed by atoms with Gasteiger partial charge in [0, 0.05) is 36.8 Å². The van der Waals surface area contributed by atoms with Crippen LogP contribution in [0.1, 0.15) is 38.4 Å². The van der Waals surface area contributed by atoms with Crippen LogP contribution in [0.4, 0.5) is 24.8 Å². The number of nitrogens with two attached hydrogens (primary N) is 1.